The van der Waals surface area contributed by atoms with Gasteiger partial charge in [0.15, 0.2) is 0 Å². The molecular weight excluding hydrogens is 614 g/mol. The number of nitrogens with zero attached hydrogens (tertiary/aromatic N) is 2. The van der Waals surface area contributed by atoms with Crippen molar-refractivity contribution in [1.82, 2.24) is 15.5 Å². The maximum Gasteiger partial charge on any atom is 0.319 e. The number of benzene rings is 3. The first-order chi connectivity index (χ1) is 22.5. The fraction of sp³-hybridized carbons (Fsp3) is 0.417. The van der Waals surface area contributed by atoms with E-state index >= 15 is 0 Å². The number of carbonyl (C=O) groups excluding carboxylic acids is 1. The highest BCUT2D eigenvalue weighted by Gasteiger charge is 2.27. The van der Waals surface area contributed by atoms with Crippen LogP contribution in [-0.4, -0.2) is 31.2 Å². The minimum Gasteiger partial charge on any atom is -0.494 e. The number of hydrogen-bond donors (Lipinski definition) is 3. The lowest BCUT2D eigenvalue weighted by atomic mass is 9.85. The molecule has 0 saturated heterocycles. The normalized spacial score (nSPS) is 14.7. The standard InChI is InChI=1S/C36H45N5O5S/c1-5-23-45-30-19-11-26(12-20-30)33-39-34(46-40-33)32(24-25-9-7-6-8-10-25)38-35(42)37-28-15-17-29(18-16-28)41-47(43,44)31-21-13-27(14-22-31)36(2,3)4/h11-22,25,32,41H,5-10,23-24H2,1-4H3,(H2,37,38,42)/t32-/m1/s1. The smallest absolute Gasteiger partial charge is 0.319 e. The van der Waals surface area contributed by atoms with Gasteiger partial charge in [0, 0.05) is 16.9 Å². The molecule has 0 spiro atoms. The van der Waals surface area contributed by atoms with Gasteiger partial charge in [-0.05, 0) is 90.4 Å². The second kappa shape index (κ2) is 15.0. The number of ether oxygens (including phenoxy) is 1. The fourth-order valence-electron chi connectivity index (χ4n) is 5.69. The Morgan fingerprint density at radius 2 is 1.60 bits per heavy atom. The molecule has 1 heterocycles. The molecule has 47 heavy (non-hydrogen) atoms. The van der Waals surface area contributed by atoms with E-state index in [1.54, 1.807) is 36.4 Å². The van der Waals surface area contributed by atoms with Crippen molar-refractivity contribution in [2.24, 2.45) is 5.92 Å². The first-order valence-corrected chi connectivity index (χ1v) is 17.9. The van der Waals surface area contributed by atoms with Crippen LogP contribution in [0.4, 0.5) is 16.2 Å². The minimum atomic E-state index is -3.78. The molecule has 3 aromatic carbocycles. The highest BCUT2D eigenvalue weighted by atomic mass is 32.2. The molecule has 10 nitrogen and oxygen atoms in total. The Bertz CT molecular complexity index is 1710. The highest BCUT2D eigenvalue weighted by Crippen LogP contribution is 2.33. The van der Waals surface area contributed by atoms with Crippen molar-refractivity contribution >= 4 is 27.4 Å². The number of urea groups is 1. The Kier molecular flexibility index (Phi) is 10.9. The number of anilines is 2. The van der Waals surface area contributed by atoms with Gasteiger partial charge in [0.2, 0.25) is 11.7 Å². The lowest BCUT2D eigenvalue weighted by Gasteiger charge is -2.25. The predicted molar refractivity (Wildman–Crippen MR) is 184 cm³/mol. The van der Waals surface area contributed by atoms with E-state index in [9.17, 15) is 13.2 Å². The summed E-state index contributed by atoms with van der Waals surface area (Å²) in [5.41, 5.74) is 2.66. The summed E-state index contributed by atoms with van der Waals surface area (Å²) < 4.78 is 39.9. The van der Waals surface area contributed by atoms with Crippen LogP contribution in [-0.2, 0) is 15.4 Å². The van der Waals surface area contributed by atoms with Crippen LogP contribution in [0.2, 0.25) is 0 Å². The van der Waals surface area contributed by atoms with Gasteiger partial charge in [0.1, 0.15) is 11.8 Å². The van der Waals surface area contributed by atoms with E-state index < -0.39 is 22.1 Å². The molecule has 0 bridgehead atoms. The molecular formula is C36H45N5O5S. The van der Waals surface area contributed by atoms with Crippen LogP contribution >= 0.6 is 0 Å². The Labute approximate surface area is 277 Å². The molecule has 2 amide bonds. The van der Waals surface area contributed by atoms with Crippen LogP contribution in [0.25, 0.3) is 11.4 Å². The van der Waals surface area contributed by atoms with Crippen molar-refractivity contribution in [2.75, 3.05) is 16.6 Å². The Morgan fingerprint density at radius 1 is 0.936 bits per heavy atom. The number of aromatic nitrogens is 2. The van der Waals surface area contributed by atoms with Gasteiger partial charge in [-0.15, -0.1) is 0 Å². The van der Waals surface area contributed by atoms with Crippen molar-refractivity contribution in [3.05, 3.63) is 84.3 Å². The molecule has 11 heteroatoms. The summed E-state index contributed by atoms with van der Waals surface area (Å²) >= 11 is 0. The van der Waals surface area contributed by atoms with Crippen molar-refractivity contribution in [3.8, 4) is 17.1 Å². The summed E-state index contributed by atoms with van der Waals surface area (Å²) in [7, 11) is -3.78. The molecule has 1 aliphatic rings. The number of carbonyl (C=O) groups is 1. The zero-order valence-electron chi connectivity index (χ0n) is 27.6. The fourth-order valence-corrected chi connectivity index (χ4v) is 6.75. The zero-order chi connectivity index (χ0) is 33.4. The van der Waals surface area contributed by atoms with Gasteiger partial charge in [-0.25, -0.2) is 13.2 Å². The van der Waals surface area contributed by atoms with Crippen LogP contribution in [0.5, 0.6) is 5.75 Å². The van der Waals surface area contributed by atoms with E-state index in [2.05, 4.69) is 53.2 Å². The quantitative estimate of drug-likeness (QED) is 0.139. The third-order valence-corrected chi connectivity index (χ3v) is 9.75. The molecule has 4 aromatic rings. The average Bonchev–Trinajstić information content (AvgIpc) is 3.55. The molecule has 3 N–H and O–H groups in total. The first-order valence-electron chi connectivity index (χ1n) is 16.4. The largest absolute Gasteiger partial charge is 0.494 e. The third kappa shape index (κ3) is 9.34. The predicted octanol–water partition coefficient (Wildman–Crippen LogP) is 8.46. The lowest BCUT2D eigenvalue weighted by molar-refractivity contribution is 0.231. The summed E-state index contributed by atoms with van der Waals surface area (Å²) in [5.74, 6) is 2.02. The van der Waals surface area contributed by atoms with Gasteiger partial charge in [-0.1, -0.05) is 77.1 Å². The SMILES string of the molecule is CCCOc1ccc(-c2noc([C@@H](CC3CCCCC3)NC(=O)Nc3ccc(NS(=O)(=O)c4ccc(C(C)(C)C)cc4)cc3)n2)cc1. The van der Waals surface area contributed by atoms with Crippen LogP contribution < -0.4 is 20.1 Å². The van der Waals surface area contributed by atoms with Crippen LogP contribution in [0.15, 0.2) is 82.2 Å². The van der Waals surface area contributed by atoms with Crippen molar-refractivity contribution in [3.63, 3.8) is 0 Å². The van der Waals surface area contributed by atoms with Crippen LogP contribution in [0.1, 0.15) is 90.1 Å². The summed E-state index contributed by atoms with van der Waals surface area (Å²) in [6, 6.07) is 20.1. The van der Waals surface area contributed by atoms with Crippen molar-refractivity contribution < 1.29 is 22.5 Å². The molecule has 1 aliphatic carbocycles. The summed E-state index contributed by atoms with van der Waals surface area (Å²) in [6.45, 7) is 8.94. The summed E-state index contributed by atoms with van der Waals surface area (Å²) in [5, 5.41) is 10.1. The lowest BCUT2D eigenvalue weighted by Crippen LogP contribution is -2.34. The Balaban J connectivity index is 1.23. The number of rotatable bonds is 12. The monoisotopic (exact) mass is 659 g/mol. The third-order valence-electron chi connectivity index (χ3n) is 8.35. The number of hydrogen-bond acceptors (Lipinski definition) is 7. The van der Waals surface area contributed by atoms with E-state index in [0.717, 1.165) is 36.1 Å². The topological polar surface area (TPSA) is 135 Å². The molecule has 250 valence electrons. The van der Waals surface area contributed by atoms with Crippen LogP contribution in [0.3, 0.4) is 0 Å². The Morgan fingerprint density at radius 3 is 2.23 bits per heavy atom. The van der Waals surface area contributed by atoms with E-state index in [1.807, 2.05) is 36.4 Å². The molecule has 0 unspecified atom stereocenters. The molecule has 1 aromatic heterocycles. The maximum atomic E-state index is 13.2. The van der Waals surface area contributed by atoms with E-state index in [-0.39, 0.29) is 10.3 Å². The Hall–Kier alpha value is -4.38. The number of nitrogens with one attached hydrogen (secondary N) is 3. The van der Waals surface area contributed by atoms with Crippen molar-refractivity contribution in [2.45, 2.75) is 89.0 Å². The molecule has 1 atom stereocenters. The molecule has 5 rings (SSSR count). The van der Waals surface area contributed by atoms with Gasteiger partial charge < -0.3 is 19.9 Å². The average molecular weight is 660 g/mol. The highest BCUT2D eigenvalue weighted by molar-refractivity contribution is 7.92. The van der Waals surface area contributed by atoms with Crippen LogP contribution in [0, 0.1) is 5.92 Å². The van der Waals surface area contributed by atoms with Gasteiger partial charge in [0.05, 0.1) is 11.5 Å². The van der Waals surface area contributed by atoms with Gasteiger partial charge in [-0.3, -0.25) is 4.72 Å². The summed E-state index contributed by atoms with van der Waals surface area (Å²) in [6.07, 6.45) is 7.38. The number of sulfonamides is 1. The molecule has 0 aliphatic heterocycles. The van der Waals surface area contributed by atoms with E-state index in [1.165, 1.54) is 19.3 Å². The molecule has 1 saturated carbocycles. The summed E-state index contributed by atoms with van der Waals surface area (Å²) in [4.78, 5) is 18.0. The van der Waals surface area contributed by atoms with Gasteiger partial charge in [-0.2, -0.15) is 4.98 Å². The minimum absolute atomic E-state index is 0.0777. The number of amides is 2. The molecule has 0 radical (unpaired) electrons. The van der Waals surface area contributed by atoms with Crippen molar-refractivity contribution in [1.29, 1.82) is 0 Å². The van der Waals surface area contributed by atoms with Gasteiger partial charge in [0.25, 0.3) is 10.0 Å². The van der Waals surface area contributed by atoms with Gasteiger partial charge >= 0.3 is 6.03 Å². The second-order valence-corrected chi connectivity index (χ2v) is 14.9. The maximum absolute atomic E-state index is 13.2. The van der Waals surface area contributed by atoms with E-state index in [4.69, 9.17) is 9.26 Å². The van der Waals surface area contributed by atoms with E-state index in [0.29, 0.717) is 42.0 Å². The second-order valence-electron chi connectivity index (χ2n) is 13.2. The zero-order valence-corrected chi connectivity index (χ0v) is 28.4. The molecule has 1 fully saturated rings. The first kappa shape index (κ1) is 34.0.